The summed E-state index contributed by atoms with van der Waals surface area (Å²) in [5.74, 6) is -0.242. The lowest BCUT2D eigenvalue weighted by Gasteiger charge is -2.28. The Bertz CT molecular complexity index is 524. The van der Waals surface area contributed by atoms with Gasteiger partial charge in [0.05, 0.1) is 5.69 Å². The second kappa shape index (κ2) is 5.40. The van der Waals surface area contributed by atoms with Gasteiger partial charge in [-0.2, -0.15) is 0 Å². The lowest BCUT2D eigenvalue weighted by atomic mass is 9.91. The predicted octanol–water partition coefficient (Wildman–Crippen LogP) is 2.39. The van der Waals surface area contributed by atoms with Crippen LogP contribution in [0.15, 0.2) is 12.1 Å². The Morgan fingerprint density at radius 1 is 1.20 bits per heavy atom. The third kappa shape index (κ3) is 2.77. The summed E-state index contributed by atoms with van der Waals surface area (Å²) >= 11 is 0. The summed E-state index contributed by atoms with van der Waals surface area (Å²) in [4.78, 5) is 11.4. The molecule has 1 heterocycles. The van der Waals surface area contributed by atoms with Gasteiger partial charge in [-0.1, -0.05) is 0 Å². The number of aryl methyl sites for hydroxylation is 1. The Labute approximate surface area is 117 Å². The number of anilines is 2. The van der Waals surface area contributed by atoms with Crippen LogP contribution in [0.25, 0.3) is 0 Å². The summed E-state index contributed by atoms with van der Waals surface area (Å²) in [7, 11) is 0. The Hall–Kier alpha value is -1.62. The van der Waals surface area contributed by atoms with Crippen LogP contribution in [0.1, 0.15) is 37.7 Å². The average Bonchev–Trinajstić information content (AvgIpc) is 2.42. The van der Waals surface area contributed by atoms with Gasteiger partial charge in [0.2, 0.25) is 5.91 Å². The molecule has 0 atom stereocenters. The maximum atomic E-state index is 14.1. The summed E-state index contributed by atoms with van der Waals surface area (Å²) < 4.78 is 14.1. The number of hydrogen-bond acceptors (Lipinski definition) is 3. The molecule has 1 amide bonds. The second-order valence-corrected chi connectivity index (χ2v) is 5.79. The number of benzene rings is 1. The number of nitrogens with one attached hydrogen (secondary N) is 2. The third-order valence-electron chi connectivity index (χ3n) is 4.22. The Morgan fingerprint density at radius 2 is 1.95 bits per heavy atom. The van der Waals surface area contributed by atoms with E-state index in [-0.39, 0.29) is 23.8 Å². The first-order valence-electron chi connectivity index (χ1n) is 7.26. The van der Waals surface area contributed by atoms with Gasteiger partial charge in [0.25, 0.3) is 0 Å². The quantitative estimate of drug-likeness (QED) is 0.777. The zero-order valence-corrected chi connectivity index (χ0v) is 11.4. The lowest BCUT2D eigenvalue weighted by molar-refractivity contribution is -0.116. The van der Waals surface area contributed by atoms with E-state index in [4.69, 9.17) is 5.73 Å². The van der Waals surface area contributed by atoms with Crippen LogP contribution >= 0.6 is 0 Å². The minimum Gasteiger partial charge on any atom is -0.380 e. The lowest BCUT2D eigenvalue weighted by Crippen LogP contribution is -2.33. The van der Waals surface area contributed by atoms with Crippen molar-refractivity contribution in [2.24, 2.45) is 5.73 Å². The summed E-state index contributed by atoms with van der Waals surface area (Å²) in [5, 5.41) is 6.06. The van der Waals surface area contributed by atoms with Gasteiger partial charge in [0, 0.05) is 24.2 Å². The molecule has 4 N–H and O–H groups in total. The number of halogens is 1. The highest BCUT2D eigenvalue weighted by Crippen LogP contribution is 2.30. The van der Waals surface area contributed by atoms with Crippen molar-refractivity contribution >= 4 is 17.3 Å². The van der Waals surface area contributed by atoms with E-state index in [1.165, 1.54) is 6.07 Å². The Balaban J connectivity index is 1.76. The van der Waals surface area contributed by atoms with Crippen molar-refractivity contribution in [3.63, 3.8) is 0 Å². The van der Waals surface area contributed by atoms with E-state index in [2.05, 4.69) is 10.6 Å². The van der Waals surface area contributed by atoms with Gasteiger partial charge < -0.3 is 16.4 Å². The van der Waals surface area contributed by atoms with Crippen LogP contribution in [-0.4, -0.2) is 18.0 Å². The highest BCUT2D eigenvalue weighted by Gasteiger charge is 2.21. The molecule has 1 aromatic carbocycles. The first-order chi connectivity index (χ1) is 9.61. The van der Waals surface area contributed by atoms with Crippen LogP contribution in [-0.2, 0) is 11.2 Å². The van der Waals surface area contributed by atoms with Crippen LogP contribution in [0.4, 0.5) is 15.8 Å². The van der Waals surface area contributed by atoms with E-state index in [0.717, 1.165) is 36.9 Å². The smallest absolute Gasteiger partial charge is 0.224 e. The van der Waals surface area contributed by atoms with Gasteiger partial charge in [-0.3, -0.25) is 4.79 Å². The second-order valence-electron chi connectivity index (χ2n) is 5.79. The summed E-state index contributed by atoms with van der Waals surface area (Å²) in [6.07, 6.45) is 4.91. The van der Waals surface area contributed by atoms with Crippen molar-refractivity contribution in [1.82, 2.24) is 0 Å². The fraction of sp³-hybridized carbons (Fsp3) is 0.533. The minimum absolute atomic E-state index is 0.00121. The molecule has 3 rings (SSSR count). The number of rotatable bonds is 2. The average molecular weight is 277 g/mol. The molecule has 1 aliphatic carbocycles. The molecule has 0 spiro atoms. The van der Waals surface area contributed by atoms with E-state index < -0.39 is 0 Å². The van der Waals surface area contributed by atoms with Crippen LogP contribution < -0.4 is 16.4 Å². The molecule has 2 aliphatic rings. The zero-order valence-electron chi connectivity index (χ0n) is 11.4. The molecule has 20 heavy (non-hydrogen) atoms. The van der Waals surface area contributed by atoms with E-state index >= 15 is 0 Å². The van der Waals surface area contributed by atoms with E-state index in [9.17, 15) is 9.18 Å². The first kappa shape index (κ1) is 13.4. The molecule has 0 saturated heterocycles. The number of carbonyl (C=O) groups excluding carboxylic acids is 1. The molecule has 1 aromatic rings. The van der Waals surface area contributed by atoms with E-state index in [1.54, 1.807) is 6.07 Å². The van der Waals surface area contributed by atoms with Gasteiger partial charge in [-0.25, -0.2) is 4.39 Å². The fourth-order valence-electron chi connectivity index (χ4n) is 2.99. The number of amides is 1. The van der Waals surface area contributed by atoms with Crippen LogP contribution in [0.5, 0.6) is 0 Å². The van der Waals surface area contributed by atoms with Gasteiger partial charge >= 0.3 is 0 Å². The summed E-state index contributed by atoms with van der Waals surface area (Å²) in [6.45, 7) is 0. The molecule has 108 valence electrons. The number of nitrogens with two attached hydrogens (primary N) is 1. The Morgan fingerprint density at radius 3 is 2.70 bits per heavy atom. The number of hydrogen-bond donors (Lipinski definition) is 3. The van der Waals surface area contributed by atoms with Gasteiger partial charge in [0.1, 0.15) is 5.82 Å². The van der Waals surface area contributed by atoms with Crippen molar-refractivity contribution in [2.45, 2.75) is 50.6 Å². The SMILES string of the molecule is NC1CCC(Nc2cc3c(cc2F)CCC(=O)N3)CC1. The third-order valence-corrected chi connectivity index (χ3v) is 4.22. The predicted molar refractivity (Wildman–Crippen MR) is 77.2 cm³/mol. The number of carbonyl (C=O) groups is 1. The molecular weight excluding hydrogens is 257 g/mol. The fourth-order valence-corrected chi connectivity index (χ4v) is 2.99. The van der Waals surface area contributed by atoms with Gasteiger partial charge in [-0.15, -0.1) is 0 Å². The highest BCUT2D eigenvalue weighted by molar-refractivity contribution is 5.94. The molecule has 1 aliphatic heterocycles. The molecule has 0 unspecified atom stereocenters. The topological polar surface area (TPSA) is 67.1 Å². The van der Waals surface area contributed by atoms with Gasteiger partial charge in [0.15, 0.2) is 0 Å². The van der Waals surface area contributed by atoms with Crippen molar-refractivity contribution in [3.8, 4) is 0 Å². The Kier molecular flexibility index (Phi) is 3.61. The number of fused-ring (bicyclic) bond motifs is 1. The maximum absolute atomic E-state index is 14.1. The largest absolute Gasteiger partial charge is 0.380 e. The minimum atomic E-state index is -0.241. The summed E-state index contributed by atoms with van der Waals surface area (Å²) in [6, 6.07) is 3.80. The van der Waals surface area contributed by atoms with Crippen molar-refractivity contribution in [3.05, 3.63) is 23.5 Å². The molecule has 1 fully saturated rings. The molecule has 4 nitrogen and oxygen atoms in total. The van der Waals surface area contributed by atoms with Crippen molar-refractivity contribution in [2.75, 3.05) is 10.6 Å². The normalized spacial score (nSPS) is 25.8. The molecule has 5 heteroatoms. The van der Waals surface area contributed by atoms with E-state index in [1.807, 2.05) is 0 Å². The summed E-state index contributed by atoms with van der Waals surface area (Å²) in [5.41, 5.74) is 7.96. The maximum Gasteiger partial charge on any atom is 0.224 e. The molecular formula is C15H20FN3O. The molecule has 0 radical (unpaired) electrons. The van der Waals surface area contributed by atoms with Crippen molar-refractivity contribution in [1.29, 1.82) is 0 Å². The standard InChI is InChI=1S/C15H20FN3O/c16-12-7-9-1-6-15(20)19-13(9)8-14(12)18-11-4-2-10(17)3-5-11/h7-8,10-11,18H,1-6,17H2,(H,19,20). The van der Waals surface area contributed by atoms with Crippen LogP contribution in [0.2, 0.25) is 0 Å². The van der Waals surface area contributed by atoms with Gasteiger partial charge in [-0.05, 0) is 49.8 Å². The highest BCUT2D eigenvalue weighted by atomic mass is 19.1. The van der Waals surface area contributed by atoms with Crippen LogP contribution in [0.3, 0.4) is 0 Å². The zero-order chi connectivity index (χ0) is 14.1. The van der Waals surface area contributed by atoms with Crippen LogP contribution in [0, 0.1) is 5.82 Å². The molecule has 0 bridgehead atoms. The first-order valence-corrected chi connectivity index (χ1v) is 7.26. The van der Waals surface area contributed by atoms with E-state index in [0.29, 0.717) is 18.5 Å². The molecule has 0 aromatic heterocycles. The monoisotopic (exact) mass is 277 g/mol. The molecule has 1 saturated carbocycles. The van der Waals surface area contributed by atoms with Crippen molar-refractivity contribution < 1.29 is 9.18 Å².